The van der Waals surface area contributed by atoms with Gasteiger partial charge in [-0.2, -0.15) is 4.37 Å². The van der Waals surface area contributed by atoms with Gasteiger partial charge >= 0.3 is 0 Å². The Morgan fingerprint density at radius 2 is 2.28 bits per heavy atom. The zero-order chi connectivity index (χ0) is 12.8. The molecule has 18 heavy (non-hydrogen) atoms. The minimum atomic E-state index is 0.509. The summed E-state index contributed by atoms with van der Waals surface area (Å²) in [5.41, 5.74) is 1.09. The largest absolute Gasteiger partial charge is 0.489 e. The van der Waals surface area contributed by atoms with Gasteiger partial charge in [-0.1, -0.05) is 30.9 Å². The van der Waals surface area contributed by atoms with Crippen molar-refractivity contribution in [1.82, 2.24) is 9.36 Å². The third kappa shape index (κ3) is 3.30. The van der Waals surface area contributed by atoms with Crippen LogP contribution in [0.4, 0.5) is 5.13 Å². The number of benzene rings is 1. The highest BCUT2D eigenvalue weighted by Gasteiger charge is 2.04. The SMILES string of the molecule is C=CCOc1ccccc1CNc1nc(C)ns1. The molecule has 1 aromatic heterocycles. The second-order valence-electron chi connectivity index (χ2n) is 3.71. The van der Waals surface area contributed by atoms with Gasteiger partial charge in [0.15, 0.2) is 0 Å². The second kappa shape index (κ2) is 6.16. The third-order valence-corrected chi connectivity index (χ3v) is 3.05. The van der Waals surface area contributed by atoms with Gasteiger partial charge in [-0.25, -0.2) is 4.98 Å². The van der Waals surface area contributed by atoms with Crippen molar-refractivity contribution in [2.45, 2.75) is 13.5 Å². The zero-order valence-electron chi connectivity index (χ0n) is 10.2. The van der Waals surface area contributed by atoms with Crippen molar-refractivity contribution in [2.75, 3.05) is 11.9 Å². The maximum atomic E-state index is 5.59. The summed E-state index contributed by atoms with van der Waals surface area (Å²) in [6.07, 6.45) is 1.73. The number of nitrogens with one attached hydrogen (secondary N) is 1. The molecular weight excluding hydrogens is 246 g/mol. The van der Waals surface area contributed by atoms with Gasteiger partial charge in [0, 0.05) is 23.6 Å². The fraction of sp³-hybridized carbons (Fsp3) is 0.231. The van der Waals surface area contributed by atoms with E-state index in [1.807, 2.05) is 31.2 Å². The molecule has 0 fully saturated rings. The molecule has 4 nitrogen and oxygen atoms in total. The summed E-state index contributed by atoms with van der Waals surface area (Å²) in [5, 5.41) is 4.06. The van der Waals surface area contributed by atoms with Crippen molar-refractivity contribution in [3.05, 3.63) is 48.3 Å². The molecule has 2 aromatic rings. The van der Waals surface area contributed by atoms with Crippen molar-refractivity contribution >= 4 is 16.7 Å². The molecule has 0 aliphatic carbocycles. The maximum Gasteiger partial charge on any atom is 0.202 e. The number of ether oxygens (including phenoxy) is 1. The Morgan fingerprint density at radius 1 is 1.44 bits per heavy atom. The van der Waals surface area contributed by atoms with Crippen LogP contribution in [0.15, 0.2) is 36.9 Å². The predicted molar refractivity (Wildman–Crippen MR) is 74.1 cm³/mol. The van der Waals surface area contributed by atoms with Crippen LogP contribution in [0.3, 0.4) is 0 Å². The lowest BCUT2D eigenvalue weighted by Crippen LogP contribution is -2.03. The van der Waals surface area contributed by atoms with Crippen LogP contribution >= 0.6 is 11.5 Å². The van der Waals surface area contributed by atoms with Crippen LogP contribution in [0.1, 0.15) is 11.4 Å². The Bertz CT molecular complexity index is 524. The highest BCUT2D eigenvalue weighted by molar-refractivity contribution is 7.09. The Hall–Kier alpha value is -1.88. The molecule has 2 rings (SSSR count). The Morgan fingerprint density at radius 3 is 3.00 bits per heavy atom. The van der Waals surface area contributed by atoms with E-state index in [-0.39, 0.29) is 0 Å². The Balaban J connectivity index is 2.01. The lowest BCUT2D eigenvalue weighted by atomic mass is 10.2. The first-order valence-corrected chi connectivity index (χ1v) is 6.42. The molecule has 0 aliphatic heterocycles. The van der Waals surface area contributed by atoms with E-state index in [1.54, 1.807) is 6.08 Å². The molecular formula is C13H15N3OS. The van der Waals surface area contributed by atoms with Gasteiger partial charge in [-0.15, -0.1) is 0 Å². The summed E-state index contributed by atoms with van der Waals surface area (Å²) < 4.78 is 9.71. The van der Waals surface area contributed by atoms with Gasteiger partial charge in [-0.05, 0) is 13.0 Å². The fourth-order valence-corrected chi connectivity index (χ4v) is 2.05. The first kappa shape index (κ1) is 12.6. The molecule has 0 bridgehead atoms. The number of hydrogen-bond donors (Lipinski definition) is 1. The number of rotatable bonds is 6. The Labute approximate surface area is 111 Å². The van der Waals surface area contributed by atoms with Gasteiger partial charge in [0.1, 0.15) is 18.2 Å². The van der Waals surface area contributed by atoms with Gasteiger partial charge in [0.2, 0.25) is 5.13 Å². The standard InChI is InChI=1S/C13H15N3OS/c1-3-8-17-12-7-5-4-6-11(12)9-14-13-15-10(2)16-18-13/h3-7H,1,8-9H2,2H3,(H,14,15,16). The average molecular weight is 261 g/mol. The van der Waals surface area contributed by atoms with E-state index >= 15 is 0 Å². The summed E-state index contributed by atoms with van der Waals surface area (Å²) in [6.45, 7) is 6.70. The van der Waals surface area contributed by atoms with Crippen LogP contribution < -0.4 is 10.1 Å². The number of para-hydroxylation sites is 1. The van der Waals surface area contributed by atoms with Crippen molar-refractivity contribution < 1.29 is 4.74 Å². The molecule has 0 radical (unpaired) electrons. The second-order valence-corrected chi connectivity index (χ2v) is 4.46. The first-order chi connectivity index (χ1) is 8.79. The monoisotopic (exact) mass is 261 g/mol. The first-order valence-electron chi connectivity index (χ1n) is 5.65. The lowest BCUT2D eigenvalue weighted by molar-refractivity contribution is 0.359. The maximum absolute atomic E-state index is 5.59. The molecule has 0 aliphatic rings. The molecule has 94 valence electrons. The van der Waals surface area contributed by atoms with Crippen LogP contribution in [-0.4, -0.2) is 16.0 Å². The number of anilines is 1. The van der Waals surface area contributed by atoms with Crippen LogP contribution in [0.5, 0.6) is 5.75 Å². The van der Waals surface area contributed by atoms with E-state index in [1.165, 1.54) is 11.5 Å². The molecule has 1 heterocycles. The smallest absolute Gasteiger partial charge is 0.202 e. The van der Waals surface area contributed by atoms with Gasteiger partial charge in [0.05, 0.1) is 0 Å². The Kier molecular flexibility index (Phi) is 4.30. The minimum absolute atomic E-state index is 0.509. The molecule has 0 amide bonds. The van der Waals surface area contributed by atoms with Crippen molar-refractivity contribution in [1.29, 1.82) is 0 Å². The molecule has 0 saturated carbocycles. The van der Waals surface area contributed by atoms with Gasteiger partial charge in [0.25, 0.3) is 0 Å². The van der Waals surface area contributed by atoms with E-state index in [2.05, 4.69) is 21.3 Å². The predicted octanol–water partition coefficient (Wildman–Crippen LogP) is 3.02. The van der Waals surface area contributed by atoms with E-state index in [9.17, 15) is 0 Å². The van der Waals surface area contributed by atoms with E-state index in [0.717, 1.165) is 22.3 Å². The molecule has 0 atom stereocenters. The quantitative estimate of drug-likeness (QED) is 0.812. The number of hydrogen-bond acceptors (Lipinski definition) is 5. The summed E-state index contributed by atoms with van der Waals surface area (Å²) in [5.74, 6) is 1.66. The van der Waals surface area contributed by atoms with Gasteiger partial charge < -0.3 is 10.1 Å². The molecule has 1 N–H and O–H groups in total. The van der Waals surface area contributed by atoms with E-state index in [4.69, 9.17) is 4.74 Å². The molecule has 0 spiro atoms. The highest BCUT2D eigenvalue weighted by atomic mass is 32.1. The highest BCUT2D eigenvalue weighted by Crippen LogP contribution is 2.20. The van der Waals surface area contributed by atoms with Crippen LogP contribution in [0, 0.1) is 6.92 Å². The van der Waals surface area contributed by atoms with E-state index in [0.29, 0.717) is 13.2 Å². The van der Waals surface area contributed by atoms with Crippen molar-refractivity contribution in [3.63, 3.8) is 0 Å². The molecule has 0 saturated heterocycles. The van der Waals surface area contributed by atoms with Crippen LogP contribution in [0.2, 0.25) is 0 Å². The molecule has 1 aromatic carbocycles. The topological polar surface area (TPSA) is 47.0 Å². The molecule has 5 heteroatoms. The summed E-state index contributed by atoms with van der Waals surface area (Å²) in [7, 11) is 0. The minimum Gasteiger partial charge on any atom is -0.489 e. The molecule has 0 unspecified atom stereocenters. The zero-order valence-corrected chi connectivity index (χ0v) is 11.0. The van der Waals surface area contributed by atoms with Crippen LogP contribution in [0.25, 0.3) is 0 Å². The van der Waals surface area contributed by atoms with Gasteiger partial charge in [-0.3, -0.25) is 0 Å². The summed E-state index contributed by atoms with van der Waals surface area (Å²) >= 11 is 1.36. The normalized spacial score (nSPS) is 10.1. The number of aromatic nitrogens is 2. The number of nitrogens with zero attached hydrogens (tertiary/aromatic N) is 2. The lowest BCUT2D eigenvalue weighted by Gasteiger charge is -2.10. The van der Waals surface area contributed by atoms with Crippen LogP contribution in [-0.2, 0) is 6.54 Å². The van der Waals surface area contributed by atoms with Crippen molar-refractivity contribution in [3.8, 4) is 5.75 Å². The summed E-state index contributed by atoms with van der Waals surface area (Å²) in [6, 6.07) is 7.92. The summed E-state index contributed by atoms with van der Waals surface area (Å²) in [4.78, 5) is 4.26. The van der Waals surface area contributed by atoms with E-state index < -0.39 is 0 Å². The van der Waals surface area contributed by atoms with Crippen molar-refractivity contribution in [2.24, 2.45) is 0 Å². The number of aryl methyl sites for hydroxylation is 1. The third-order valence-electron chi connectivity index (χ3n) is 2.29. The average Bonchev–Trinajstić information content (AvgIpc) is 2.81. The fourth-order valence-electron chi connectivity index (χ4n) is 1.48.